The van der Waals surface area contributed by atoms with Crippen molar-refractivity contribution < 1.29 is 14.7 Å². The van der Waals surface area contributed by atoms with Crippen molar-refractivity contribution in [3.05, 3.63) is 0 Å². The van der Waals surface area contributed by atoms with Gasteiger partial charge in [-0.1, -0.05) is 13.8 Å². The number of carbonyl (C=O) groups is 2. The Labute approximate surface area is 82.9 Å². The second-order valence-corrected chi connectivity index (χ2v) is 3.29. The Morgan fingerprint density at radius 1 is 1.29 bits per heavy atom. The van der Waals surface area contributed by atoms with Crippen LogP contribution in [0.15, 0.2) is 0 Å². The molecule has 0 rings (SSSR count). The molecule has 0 fully saturated rings. The third-order valence-corrected chi connectivity index (χ3v) is 1.72. The number of carboxylic acid groups (broad SMARTS) is 1. The van der Waals surface area contributed by atoms with Crippen LogP contribution in [0.1, 0.15) is 13.8 Å². The van der Waals surface area contributed by atoms with Gasteiger partial charge < -0.3 is 21.5 Å². The molecule has 6 nitrogen and oxygen atoms in total. The highest BCUT2D eigenvalue weighted by Crippen LogP contribution is 1.96. The molecule has 2 amide bonds. The van der Waals surface area contributed by atoms with Crippen molar-refractivity contribution in [3.8, 4) is 0 Å². The normalized spacial score (nSPS) is 12.3. The molecule has 0 unspecified atom stereocenters. The zero-order valence-electron chi connectivity index (χ0n) is 8.41. The molecule has 14 heavy (non-hydrogen) atoms. The Hall–Kier alpha value is -1.30. The third-order valence-electron chi connectivity index (χ3n) is 1.72. The number of hydrogen-bond acceptors (Lipinski definition) is 3. The summed E-state index contributed by atoms with van der Waals surface area (Å²) in [7, 11) is 0. The van der Waals surface area contributed by atoms with Crippen molar-refractivity contribution >= 4 is 12.0 Å². The highest BCUT2D eigenvalue weighted by molar-refractivity contribution is 5.81. The molecule has 0 heterocycles. The minimum absolute atomic E-state index is 0.0717. The molecule has 0 spiro atoms. The number of nitrogens with two attached hydrogens (primary N) is 1. The van der Waals surface area contributed by atoms with Gasteiger partial charge in [0.15, 0.2) is 0 Å². The highest BCUT2D eigenvalue weighted by Gasteiger charge is 2.15. The van der Waals surface area contributed by atoms with Crippen molar-refractivity contribution in [1.29, 1.82) is 0 Å². The Morgan fingerprint density at radius 2 is 1.79 bits per heavy atom. The summed E-state index contributed by atoms with van der Waals surface area (Å²) in [4.78, 5) is 21.3. The number of rotatable bonds is 5. The van der Waals surface area contributed by atoms with Gasteiger partial charge in [0, 0.05) is 13.1 Å². The van der Waals surface area contributed by atoms with Crippen molar-refractivity contribution in [2.75, 3.05) is 13.1 Å². The quantitative estimate of drug-likeness (QED) is 0.446. The molecule has 0 aliphatic rings. The summed E-state index contributed by atoms with van der Waals surface area (Å²) in [5.41, 5.74) is 5.55. The molecule has 0 aromatic heterocycles. The Balaban J connectivity index is 3.59. The molecule has 0 aliphatic heterocycles. The zero-order chi connectivity index (χ0) is 11.1. The van der Waals surface area contributed by atoms with E-state index in [2.05, 4.69) is 10.6 Å². The van der Waals surface area contributed by atoms with Crippen molar-refractivity contribution in [1.82, 2.24) is 10.6 Å². The molecular formula is C8H17N3O3. The molecule has 82 valence electrons. The van der Waals surface area contributed by atoms with Gasteiger partial charge >= 0.3 is 6.09 Å². The largest absolute Gasteiger partial charge is 0.465 e. The monoisotopic (exact) mass is 203 g/mol. The van der Waals surface area contributed by atoms with E-state index < -0.39 is 12.1 Å². The predicted molar refractivity (Wildman–Crippen MR) is 51.9 cm³/mol. The summed E-state index contributed by atoms with van der Waals surface area (Å²) in [6.07, 6.45) is -1.10. The van der Waals surface area contributed by atoms with Crippen LogP contribution in [0.3, 0.4) is 0 Å². The molecule has 0 aromatic rings. The average Bonchev–Trinajstić information content (AvgIpc) is 2.10. The summed E-state index contributed by atoms with van der Waals surface area (Å²) in [5, 5.41) is 12.9. The maximum Gasteiger partial charge on any atom is 0.404 e. The molecule has 1 atom stereocenters. The van der Waals surface area contributed by atoms with Gasteiger partial charge in [0.2, 0.25) is 5.91 Å². The topological polar surface area (TPSA) is 104 Å². The van der Waals surface area contributed by atoms with E-state index in [1.54, 1.807) is 0 Å². The van der Waals surface area contributed by atoms with Crippen molar-refractivity contribution in [3.63, 3.8) is 0 Å². The summed E-state index contributed by atoms with van der Waals surface area (Å²) in [6.45, 7) is 4.14. The van der Waals surface area contributed by atoms with E-state index in [1.165, 1.54) is 0 Å². The number of nitrogens with one attached hydrogen (secondary N) is 2. The van der Waals surface area contributed by atoms with Crippen LogP contribution >= 0.6 is 0 Å². The fourth-order valence-corrected chi connectivity index (χ4v) is 0.776. The van der Waals surface area contributed by atoms with Crippen LogP contribution in [0.25, 0.3) is 0 Å². The Morgan fingerprint density at radius 3 is 2.21 bits per heavy atom. The van der Waals surface area contributed by atoms with E-state index in [0.717, 1.165) is 0 Å². The van der Waals surface area contributed by atoms with E-state index in [1.807, 2.05) is 13.8 Å². The van der Waals surface area contributed by atoms with Crippen LogP contribution in [0, 0.1) is 5.92 Å². The molecule has 0 bridgehead atoms. The van der Waals surface area contributed by atoms with E-state index >= 15 is 0 Å². The van der Waals surface area contributed by atoms with Crippen molar-refractivity contribution in [2.24, 2.45) is 11.7 Å². The van der Waals surface area contributed by atoms with Gasteiger partial charge in [-0.15, -0.1) is 0 Å². The van der Waals surface area contributed by atoms with Crippen molar-refractivity contribution in [2.45, 2.75) is 19.9 Å². The highest BCUT2D eigenvalue weighted by atomic mass is 16.4. The molecule has 0 aliphatic carbocycles. The summed E-state index contributed by atoms with van der Waals surface area (Å²) in [5.74, 6) is -0.186. The fraction of sp³-hybridized carbons (Fsp3) is 0.750. The molecule has 0 saturated carbocycles. The van der Waals surface area contributed by atoms with Gasteiger partial charge in [0.05, 0.1) is 6.04 Å². The van der Waals surface area contributed by atoms with Crippen LogP contribution in [0.2, 0.25) is 0 Å². The lowest BCUT2D eigenvalue weighted by Gasteiger charge is -2.14. The minimum atomic E-state index is -1.10. The molecular weight excluding hydrogens is 186 g/mol. The van der Waals surface area contributed by atoms with E-state index in [9.17, 15) is 9.59 Å². The summed E-state index contributed by atoms with van der Waals surface area (Å²) in [6, 6.07) is -0.542. The van der Waals surface area contributed by atoms with Crippen LogP contribution in [0.4, 0.5) is 4.79 Å². The Kier molecular flexibility index (Phi) is 5.62. The zero-order valence-corrected chi connectivity index (χ0v) is 8.41. The average molecular weight is 203 g/mol. The second kappa shape index (κ2) is 6.20. The van der Waals surface area contributed by atoms with Gasteiger partial charge in [0.25, 0.3) is 0 Å². The van der Waals surface area contributed by atoms with Crippen LogP contribution in [-0.4, -0.2) is 36.2 Å². The minimum Gasteiger partial charge on any atom is -0.465 e. The SMILES string of the molecule is CC(C)[C@H](N)C(=O)NCCNC(=O)O. The lowest BCUT2D eigenvalue weighted by atomic mass is 10.1. The van der Waals surface area contributed by atoms with E-state index in [4.69, 9.17) is 10.8 Å². The molecule has 6 heteroatoms. The second-order valence-electron chi connectivity index (χ2n) is 3.29. The summed E-state index contributed by atoms with van der Waals surface area (Å²) >= 11 is 0. The third kappa shape index (κ3) is 5.36. The molecule has 0 saturated heterocycles. The number of hydrogen-bond donors (Lipinski definition) is 4. The molecule has 5 N–H and O–H groups in total. The standard InChI is InChI=1S/C8H17N3O3/c1-5(2)6(9)7(12)10-3-4-11-8(13)14/h5-6,11H,3-4,9H2,1-2H3,(H,10,12)(H,13,14)/t6-/m0/s1. The smallest absolute Gasteiger partial charge is 0.404 e. The van der Waals surface area contributed by atoms with Gasteiger partial charge in [0.1, 0.15) is 0 Å². The first-order chi connectivity index (χ1) is 6.45. The first kappa shape index (κ1) is 12.7. The molecule has 0 radical (unpaired) electrons. The maximum atomic E-state index is 11.2. The first-order valence-corrected chi connectivity index (χ1v) is 4.45. The van der Waals surface area contributed by atoms with Crippen LogP contribution in [-0.2, 0) is 4.79 Å². The predicted octanol–water partition coefficient (Wildman–Crippen LogP) is -0.646. The van der Waals surface area contributed by atoms with Gasteiger partial charge in [-0.3, -0.25) is 4.79 Å². The lowest BCUT2D eigenvalue weighted by Crippen LogP contribution is -2.46. The van der Waals surface area contributed by atoms with Gasteiger partial charge in [-0.05, 0) is 5.92 Å². The van der Waals surface area contributed by atoms with Crippen LogP contribution < -0.4 is 16.4 Å². The van der Waals surface area contributed by atoms with E-state index in [-0.39, 0.29) is 24.9 Å². The molecule has 0 aromatic carbocycles. The van der Waals surface area contributed by atoms with E-state index in [0.29, 0.717) is 0 Å². The number of carbonyl (C=O) groups excluding carboxylic acids is 1. The van der Waals surface area contributed by atoms with Gasteiger partial charge in [-0.25, -0.2) is 4.79 Å². The van der Waals surface area contributed by atoms with Crippen LogP contribution in [0.5, 0.6) is 0 Å². The first-order valence-electron chi connectivity index (χ1n) is 4.45. The summed E-state index contributed by atoms with van der Waals surface area (Å²) < 4.78 is 0. The lowest BCUT2D eigenvalue weighted by molar-refractivity contribution is -0.123. The Bertz CT molecular complexity index is 206. The van der Waals surface area contributed by atoms with Gasteiger partial charge in [-0.2, -0.15) is 0 Å². The maximum absolute atomic E-state index is 11.2. The number of amides is 2. The fourth-order valence-electron chi connectivity index (χ4n) is 0.776.